The molecule has 1 aromatic heterocycles. The summed E-state index contributed by atoms with van der Waals surface area (Å²) in [5.41, 5.74) is 2.02. The summed E-state index contributed by atoms with van der Waals surface area (Å²) in [6.45, 7) is 0.491. The van der Waals surface area contributed by atoms with Crippen LogP contribution in [-0.4, -0.2) is 11.0 Å². The largest absolute Gasteiger partial charge is 0.489 e. The van der Waals surface area contributed by atoms with Crippen molar-refractivity contribution in [3.05, 3.63) is 95.5 Å². The van der Waals surface area contributed by atoms with Crippen molar-refractivity contribution >= 4 is 33.6 Å². The van der Waals surface area contributed by atoms with Crippen LogP contribution in [0.3, 0.4) is 0 Å². The average Bonchev–Trinajstić information content (AvgIpc) is 3.16. The van der Waals surface area contributed by atoms with Gasteiger partial charge in [-0.05, 0) is 48.0 Å². The van der Waals surface area contributed by atoms with Crippen molar-refractivity contribution < 1.29 is 14.3 Å². The minimum atomic E-state index is -0.447. The number of aromatic nitrogens is 1. The third-order valence-corrected chi connectivity index (χ3v) is 4.96. The molecule has 5 heteroatoms. The molecule has 0 radical (unpaired) electrons. The first-order valence-electron chi connectivity index (χ1n) is 8.78. The fourth-order valence-corrected chi connectivity index (χ4v) is 3.47. The standard InChI is InChI=1S/C23H17NO3S/c25-23(15-14-22-24-20-8-4-5-9-21(20)28-22)27-19-12-10-18(11-13-19)26-16-17-6-2-1-3-7-17/h1-15H,16H2/b15-14+. The second kappa shape index (κ2) is 8.50. The first-order valence-corrected chi connectivity index (χ1v) is 9.60. The number of nitrogens with zero attached hydrogens (tertiary/aromatic N) is 1. The van der Waals surface area contributed by atoms with Gasteiger partial charge in [0.25, 0.3) is 0 Å². The van der Waals surface area contributed by atoms with E-state index in [2.05, 4.69) is 4.98 Å². The van der Waals surface area contributed by atoms with Crippen molar-refractivity contribution in [2.75, 3.05) is 0 Å². The number of thiazole rings is 1. The Hall–Kier alpha value is -3.44. The summed E-state index contributed by atoms with van der Waals surface area (Å²) < 4.78 is 12.1. The molecule has 0 amide bonds. The van der Waals surface area contributed by atoms with Crippen molar-refractivity contribution in [1.82, 2.24) is 4.98 Å². The molecule has 0 saturated heterocycles. The molecular weight excluding hydrogens is 370 g/mol. The van der Waals surface area contributed by atoms with Gasteiger partial charge in [0.15, 0.2) is 0 Å². The summed E-state index contributed by atoms with van der Waals surface area (Å²) in [7, 11) is 0. The van der Waals surface area contributed by atoms with E-state index in [0.29, 0.717) is 18.1 Å². The molecule has 3 aromatic carbocycles. The van der Waals surface area contributed by atoms with E-state index in [1.54, 1.807) is 30.3 Å². The molecule has 1 heterocycles. The molecule has 4 nitrogen and oxygen atoms in total. The first kappa shape index (κ1) is 17.9. The lowest BCUT2D eigenvalue weighted by Crippen LogP contribution is -2.03. The summed E-state index contributed by atoms with van der Waals surface area (Å²) in [6.07, 6.45) is 3.06. The number of hydrogen-bond donors (Lipinski definition) is 0. The van der Waals surface area contributed by atoms with Crippen LogP contribution < -0.4 is 9.47 Å². The molecule has 0 unspecified atom stereocenters. The number of rotatable bonds is 6. The molecule has 0 spiro atoms. The Kier molecular flexibility index (Phi) is 5.45. The summed E-state index contributed by atoms with van der Waals surface area (Å²) in [6, 6.07) is 24.8. The average molecular weight is 387 g/mol. The van der Waals surface area contributed by atoms with Crippen molar-refractivity contribution in [3.8, 4) is 11.5 Å². The molecule has 138 valence electrons. The highest BCUT2D eigenvalue weighted by molar-refractivity contribution is 7.19. The van der Waals surface area contributed by atoms with Crippen LogP contribution in [0.25, 0.3) is 16.3 Å². The van der Waals surface area contributed by atoms with Crippen molar-refractivity contribution in [2.24, 2.45) is 0 Å². The quantitative estimate of drug-likeness (QED) is 0.249. The molecule has 4 aromatic rings. The molecule has 0 fully saturated rings. The van der Waals surface area contributed by atoms with Crippen LogP contribution in [0.15, 0.2) is 84.9 Å². The lowest BCUT2D eigenvalue weighted by Gasteiger charge is -2.07. The van der Waals surface area contributed by atoms with E-state index >= 15 is 0 Å². The Labute approximate surface area is 166 Å². The summed E-state index contributed by atoms with van der Waals surface area (Å²) >= 11 is 1.53. The molecule has 0 saturated carbocycles. The highest BCUT2D eigenvalue weighted by atomic mass is 32.1. The number of carbonyl (C=O) groups excluding carboxylic acids is 1. The molecule has 0 atom stereocenters. The number of benzene rings is 3. The number of carbonyl (C=O) groups is 1. The minimum absolute atomic E-state index is 0.447. The zero-order valence-corrected chi connectivity index (χ0v) is 15.8. The lowest BCUT2D eigenvalue weighted by molar-refractivity contribution is -0.128. The van der Waals surface area contributed by atoms with Crippen LogP contribution in [0.5, 0.6) is 11.5 Å². The monoisotopic (exact) mass is 387 g/mol. The van der Waals surface area contributed by atoms with Gasteiger partial charge in [0.1, 0.15) is 23.1 Å². The Bertz CT molecular complexity index is 1070. The zero-order chi connectivity index (χ0) is 19.2. The Morgan fingerprint density at radius 1 is 0.893 bits per heavy atom. The number of fused-ring (bicyclic) bond motifs is 1. The lowest BCUT2D eigenvalue weighted by atomic mass is 10.2. The van der Waals surface area contributed by atoms with Crippen molar-refractivity contribution in [2.45, 2.75) is 6.61 Å². The van der Waals surface area contributed by atoms with E-state index in [-0.39, 0.29) is 0 Å². The van der Waals surface area contributed by atoms with Crippen LogP contribution in [0.4, 0.5) is 0 Å². The molecule has 0 N–H and O–H groups in total. The molecule has 0 aliphatic carbocycles. The number of hydrogen-bond acceptors (Lipinski definition) is 5. The maximum absolute atomic E-state index is 12.0. The Morgan fingerprint density at radius 2 is 1.61 bits per heavy atom. The molecule has 0 aliphatic rings. The SMILES string of the molecule is O=C(/C=C/c1nc2ccccc2s1)Oc1ccc(OCc2ccccc2)cc1. The maximum atomic E-state index is 12.0. The van der Waals surface area contributed by atoms with Gasteiger partial charge in [0.2, 0.25) is 0 Å². The van der Waals surface area contributed by atoms with Crippen LogP contribution in [-0.2, 0) is 11.4 Å². The van der Waals surface area contributed by atoms with Gasteiger partial charge in [-0.2, -0.15) is 0 Å². The number of ether oxygens (including phenoxy) is 2. The highest BCUT2D eigenvalue weighted by Gasteiger charge is 2.04. The van der Waals surface area contributed by atoms with E-state index in [1.807, 2.05) is 54.6 Å². The third kappa shape index (κ3) is 4.64. The fourth-order valence-electron chi connectivity index (χ4n) is 2.60. The normalized spacial score (nSPS) is 11.0. The first-order chi connectivity index (χ1) is 13.8. The summed E-state index contributed by atoms with van der Waals surface area (Å²) in [5, 5.41) is 0.766. The Balaban J connectivity index is 1.32. The fraction of sp³-hybridized carbons (Fsp3) is 0.0435. The van der Waals surface area contributed by atoms with Gasteiger partial charge >= 0.3 is 5.97 Å². The second-order valence-electron chi connectivity index (χ2n) is 6.02. The van der Waals surface area contributed by atoms with Crippen LogP contribution in [0.1, 0.15) is 10.6 Å². The van der Waals surface area contributed by atoms with Gasteiger partial charge in [-0.25, -0.2) is 9.78 Å². The second-order valence-corrected chi connectivity index (χ2v) is 7.08. The minimum Gasteiger partial charge on any atom is -0.489 e. The summed E-state index contributed by atoms with van der Waals surface area (Å²) in [4.78, 5) is 16.5. The van der Waals surface area contributed by atoms with Crippen molar-refractivity contribution in [3.63, 3.8) is 0 Å². The molecule has 4 rings (SSSR count). The summed E-state index contributed by atoms with van der Waals surface area (Å²) in [5.74, 6) is 0.733. The van der Waals surface area contributed by atoms with Gasteiger partial charge in [-0.1, -0.05) is 42.5 Å². The van der Waals surface area contributed by atoms with Gasteiger partial charge < -0.3 is 9.47 Å². The van der Waals surface area contributed by atoms with E-state index in [4.69, 9.17) is 9.47 Å². The Morgan fingerprint density at radius 3 is 2.39 bits per heavy atom. The van der Waals surface area contributed by atoms with Crippen molar-refractivity contribution in [1.29, 1.82) is 0 Å². The highest BCUT2D eigenvalue weighted by Crippen LogP contribution is 2.23. The van der Waals surface area contributed by atoms with E-state index < -0.39 is 5.97 Å². The predicted octanol–water partition coefficient (Wildman–Crippen LogP) is 5.49. The van der Waals surface area contributed by atoms with E-state index in [0.717, 1.165) is 20.8 Å². The van der Waals surface area contributed by atoms with Crippen LogP contribution in [0.2, 0.25) is 0 Å². The van der Waals surface area contributed by atoms with E-state index in [1.165, 1.54) is 17.4 Å². The predicted molar refractivity (Wildman–Crippen MR) is 112 cm³/mol. The maximum Gasteiger partial charge on any atom is 0.336 e. The molecule has 28 heavy (non-hydrogen) atoms. The molecule has 0 bridgehead atoms. The van der Waals surface area contributed by atoms with Gasteiger partial charge in [0.05, 0.1) is 10.2 Å². The van der Waals surface area contributed by atoms with Gasteiger partial charge in [0, 0.05) is 6.08 Å². The molecular formula is C23H17NO3S. The molecule has 0 aliphatic heterocycles. The zero-order valence-electron chi connectivity index (χ0n) is 14.9. The number of esters is 1. The van der Waals surface area contributed by atoms with Crippen LogP contribution in [0, 0.1) is 0 Å². The van der Waals surface area contributed by atoms with Crippen LogP contribution >= 0.6 is 11.3 Å². The topological polar surface area (TPSA) is 48.4 Å². The smallest absolute Gasteiger partial charge is 0.336 e. The van der Waals surface area contributed by atoms with E-state index in [9.17, 15) is 4.79 Å². The third-order valence-electron chi connectivity index (χ3n) is 3.96. The van der Waals surface area contributed by atoms with Gasteiger partial charge in [-0.3, -0.25) is 0 Å². The van der Waals surface area contributed by atoms with Gasteiger partial charge in [-0.15, -0.1) is 11.3 Å². The number of para-hydroxylation sites is 1.